The molecule has 0 atom stereocenters. The molecule has 1 aliphatic heterocycles. The summed E-state index contributed by atoms with van der Waals surface area (Å²) in [5, 5.41) is 22.5. The number of benzene rings is 1. The highest BCUT2D eigenvalue weighted by Gasteiger charge is 2.29. The highest BCUT2D eigenvalue weighted by molar-refractivity contribution is 9.10. The quantitative estimate of drug-likeness (QED) is 0.899. The van der Waals surface area contributed by atoms with Crippen LogP contribution in [0.3, 0.4) is 0 Å². The minimum absolute atomic E-state index is 0.432. The Balaban J connectivity index is 2.05. The molecule has 1 aromatic carbocycles. The minimum Gasteiger partial charge on any atom is -0.388 e. The summed E-state index contributed by atoms with van der Waals surface area (Å²) in [7, 11) is 0. The van der Waals surface area contributed by atoms with Crippen LogP contribution < -0.4 is 5.32 Å². The van der Waals surface area contributed by atoms with Crippen molar-refractivity contribution in [1.29, 1.82) is 5.26 Å². The Morgan fingerprint density at radius 2 is 2.17 bits per heavy atom. The first-order valence-electron chi connectivity index (χ1n) is 5.87. The Bertz CT molecular complexity index is 465. The van der Waals surface area contributed by atoms with Crippen LogP contribution in [0.5, 0.6) is 0 Å². The fourth-order valence-electron chi connectivity index (χ4n) is 1.95. The van der Waals surface area contributed by atoms with Crippen LogP contribution in [-0.4, -0.2) is 30.5 Å². The Morgan fingerprint density at radius 3 is 2.83 bits per heavy atom. The molecule has 5 heteroatoms. The van der Waals surface area contributed by atoms with Gasteiger partial charge in [-0.05, 0) is 18.2 Å². The number of nitriles is 1. The molecule has 0 saturated carbocycles. The van der Waals surface area contributed by atoms with Gasteiger partial charge in [0.2, 0.25) is 0 Å². The zero-order valence-corrected chi connectivity index (χ0v) is 11.5. The topological polar surface area (TPSA) is 65.3 Å². The number of aliphatic hydroxyl groups is 1. The van der Waals surface area contributed by atoms with Gasteiger partial charge in [-0.3, -0.25) is 0 Å². The minimum atomic E-state index is -0.743. The van der Waals surface area contributed by atoms with Crippen molar-refractivity contribution in [3.8, 4) is 6.07 Å². The fraction of sp³-hybridized carbons (Fsp3) is 0.462. The van der Waals surface area contributed by atoms with Crippen LogP contribution in [0.4, 0.5) is 5.69 Å². The second kappa shape index (κ2) is 5.70. The first-order chi connectivity index (χ1) is 8.63. The Labute approximate surface area is 115 Å². The van der Waals surface area contributed by atoms with E-state index in [9.17, 15) is 5.11 Å². The summed E-state index contributed by atoms with van der Waals surface area (Å²) in [6, 6.07) is 7.56. The Morgan fingerprint density at radius 1 is 1.44 bits per heavy atom. The van der Waals surface area contributed by atoms with Crippen molar-refractivity contribution in [3.05, 3.63) is 28.2 Å². The van der Waals surface area contributed by atoms with Crippen LogP contribution in [0.1, 0.15) is 18.4 Å². The average molecular weight is 311 g/mol. The van der Waals surface area contributed by atoms with Crippen LogP contribution in [-0.2, 0) is 4.74 Å². The van der Waals surface area contributed by atoms with Crippen LogP contribution in [0.15, 0.2) is 22.7 Å². The SMILES string of the molecule is N#Cc1ccc(Br)cc1NCC1(O)CCOCC1. The number of nitrogens with zero attached hydrogens (tertiary/aromatic N) is 1. The molecular formula is C13H15BrN2O2. The molecule has 4 nitrogen and oxygen atoms in total. The summed E-state index contributed by atoms with van der Waals surface area (Å²) in [6.07, 6.45) is 1.24. The van der Waals surface area contributed by atoms with Crippen molar-refractivity contribution in [3.63, 3.8) is 0 Å². The summed E-state index contributed by atoms with van der Waals surface area (Å²) in [5.74, 6) is 0. The maximum atomic E-state index is 10.3. The summed E-state index contributed by atoms with van der Waals surface area (Å²) in [5.41, 5.74) is 0.577. The number of rotatable bonds is 3. The molecule has 0 amide bonds. The van der Waals surface area contributed by atoms with Crippen LogP contribution in [0.2, 0.25) is 0 Å². The molecule has 1 aromatic rings. The van der Waals surface area contributed by atoms with Gasteiger partial charge in [0.1, 0.15) is 6.07 Å². The maximum Gasteiger partial charge on any atom is 0.101 e. The smallest absolute Gasteiger partial charge is 0.101 e. The third kappa shape index (κ3) is 3.22. The molecule has 1 heterocycles. The van der Waals surface area contributed by atoms with E-state index in [1.807, 2.05) is 12.1 Å². The third-order valence-electron chi connectivity index (χ3n) is 3.13. The molecule has 2 rings (SSSR count). The van der Waals surface area contributed by atoms with Gasteiger partial charge >= 0.3 is 0 Å². The van der Waals surface area contributed by atoms with Gasteiger partial charge in [0, 0.05) is 37.1 Å². The van der Waals surface area contributed by atoms with Crippen molar-refractivity contribution in [2.24, 2.45) is 0 Å². The van der Waals surface area contributed by atoms with E-state index >= 15 is 0 Å². The van der Waals surface area contributed by atoms with Gasteiger partial charge in [-0.25, -0.2) is 0 Å². The van der Waals surface area contributed by atoms with E-state index in [0.29, 0.717) is 38.2 Å². The van der Waals surface area contributed by atoms with Crippen molar-refractivity contribution in [2.75, 3.05) is 25.1 Å². The average Bonchev–Trinajstić information content (AvgIpc) is 2.38. The van der Waals surface area contributed by atoms with E-state index in [1.54, 1.807) is 6.07 Å². The molecular weight excluding hydrogens is 296 g/mol. The molecule has 1 fully saturated rings. The van der Waals surface area contributed by atoms with E-state index in [-0.39, 0.29) is 0 Å². The lowest BCUT2D eigenvalue weighted by Crippen LogP contribution is -2.42. The molecule has 96 valence electrons. The second-order valence-electron chi connectivity index (χ2n) is 4.49. The molecule has 0 spiro atoms. The van der Waals surface area contributed by atoms with E-state index in [1.165, 1.54) is 0 Å². The van der Waals surface area contributed by atoms with Gasteiger partial charge < -0.3 is 15.2 Å². The van der Waals surface area contributed by atoms with Gasteiger partial charge in [0.15, 0.2) is 0 Å². The molecule has 2 N–H and O–H groups in total. The summed E-state index contributed by atoms with van der Waals surface area (Å²) < 4.78 is 6.14. The van der Waals surface area contributed by atoms with Crippen molar-refractivity contribution < 1.29 is 9.84 Å². The van der Waals surface area contributed by atoms with Crippen molar-refractivity contribution in [2.45, 2.75) is 18.4 Å². The van der Waals surface area contributed by atoms with Crippen LogP contribution in [0.25, 0.3) is 0 Å². The summed E-state index contributed by atoms with van der Waals surface area (Å²) >= 11 is 3.37. The lowest BCUT2D eigenvalue weighted by atomic mass is 9.94. The first-order valence-corrected chi connectivity index (χ1v) is 6.66. The van der Waals surface area contributed by atoms with Crippen molar-refractivity contribution >= 4 is 21.6 Å². The first kappa shape index (κ1) is 13.3. The normalized spacial score (nSPS) is 18.1. The van der Waals surface area contributed by atoms with Crippen LogP contribution in [0, 0.1) is 11.3 Å². The Hall–Kier alpha value is -1.09. The zero-order chi connectivity index (χ0) is 13.0. The zero-order valence-electron chi connectivity index (χ0n) is 9.95. The number of hydrogen-bond acceptors (Lipinski definition) is 4. The van der Waals surface area contributed by atoms with Gasteiger partial charge in [-0.1, -0.05) is 15.9 Å². The monoisotopic (exact) mass is 310 g/mol. The van der Waals surface area contributed by atoms with Gasteiger partial charge in [0.25, 0.3) is 0 Å². The molecule has 1 saturated heterocycles. The van der Waals surface area contributed by atoms with Gasteiger partial charge in [-0.2, -0.15) is 5.26 Å². The highest BCUT2D eigenvalue weighted by Crippen LogP contribution is 2.24. The molecule has 0 radical (unpaired) electrons. The number of nitrogens with one attached hydrogen (secondary N) is 1. The summed E-state index contributed by atoms with van der Waals surface area (Å²) in [4.78, 5) is 0. The number of halogens is 1. The van der Waals surface area contributed by atoms with Gasteiger partial charge in [-0.15, -0.1) is 0 Å². The van der Waals surface area contributed by atoms with Crippen LogP contribution >= 0.6 is 15.9 Å². The maximum absolute atomic E-state index is 10.3. The molecule has 0 aromatic heterocycles. The summed E-state index contributed by atoms with van der Waals surface area (Å²) in [6.45, 7) is 1.60. The van der Waals surface area contributed by atoms with E-state index in [0.717, 1.165) is 10.2 Å². The van der Waals surface area contributed by atoms with E-state index in [4.69, 9.17) is 10.00 Å². The molecule has 1 aliphatic rings. The van der Waals surface area contributed by atoms with Crippen molar-refractivity contribution in [1.82, 2.24) is 0 Å². The largest absolute Gasteiger partial charge is 0.388 e. The predicted molar refractivity (Wildman–Crippen MR) is 72.3 cm³/mol. The van der Waals surface area contributed by atoms with Gasteiger partial charge in [0.05, 0.1) is 16.9 Å². The molecule has 18 heavy (non-hydrogen) atoms. The molecule has 0 unspecified atom stereocenters. The lowest BCUT2D eigenvalue weighted by molar-refractivity contribution is -0.0543. The number of anilines is 1. The highest BCUT2D eigenvalue weighted by atomic mass is 79.9. The number of hydrogen-bond donors (Lipinski definition) is 2. The number of ether oxygens (including phenoxy) is 1. The van der Waals surface area contributed by atoms with E-state index < -0.39 is 5.60 Å². The lowest BCUT2D eigenvalue weighted by Gasteiger charge is -2.32. The predicted octanol–water partition coefficient (Wildman–Crippen LogP) is 2.27. The molecule has 0 bridgehead atoms. The Kier molecular flexibility index (Phi) is 4.23. The molecule has 0 aliphatic carbocycles. The second-order valence-corrected chi connectivity index (χ2v) is 5.41. The van der Waals surface area contributed by atoms with E-state index in [2.05, 4.69) is 27.3 Å². The standard InChI is InChI=1S/C13H15BrN2O2/c14-11-2-1-10(8-15)12(7-11)16-9-13(17)3-5-18-6-4-13/h1-2,7,16-17H,3-6,9H2. The third-order valence-corrected chi connectivity index (χ3v) is 3.63. The fourth-order valence-corrected chi connectivity index (χ4v) is 2.31.